The number of nitrogens with one attached hydrogen (secondary N) is 1. The lowest BCUT2D eigenvalue weighted by Crippen LogP contribution is -2.40. The van der Waals surface area contributed by atoms with Crippen LogP contribution < -0.4 is 0 Å². The average Bonchev–Trinajstić information content (AvgIpc) is 3.27. The van der Waals surface area contributed by atoms with Crippen LogP contribution in [0.3, 0.4) is 0 Å². The highest BCUT2D eigenvalue weighted by Gasteiger charge is 2.31. The van der Waals surface area contributed by atoms with Crippen LogP contribution >= 0.6 is 0 Å². The minimum atomic E-state index is -0.594. The fourth-order valence-corrected chi connectivity index (χ4v) is 3.57. The minimum absolute atomic E-state index is 0.0534. The van der Waals surface area contributed by atoms with E-state index in [9.17, 15) is 9.90 Å². The molecule has 1 saturated heterocycles. The fraction of sp³-hybridized carbons (Fsp3) is 0.389. The highest BCUT2D eigenvalue weighted by molar-refractivity contribution is 6.04. The molecular formula is C18H21N5O2. The van der Waals surface area contributed by atoms with Crippen LogP contribution in [-0.2, 0) is 7.05 Å². The number of benzene rings is 1. The molecule has 0 bridgehead atoms. The monoisotopic (exact) mass is 339 g/mol. The van der Waals surface area contributed by atoms with Crippen LogP contribution in [-0.4, -0.2) is 48.8 Å². The lowest BCUT2D eigenvalue weighted by Gasteiger charge is -2.33. The third-order valence-corrected chi connectivity index (χ3v) is 5.07. The van der Waals surface area contributed by atoms with E-state index >= 15 is 0 Å². The van der Waals surface area contributed by atoms with Gasteiger partial charge in [0.2, 0.25) is 0 Å². The molecule has 0 saturated carbocycles. The van der Waals surface area contributed by atoms with Gasteiger partial charge in [-0.05, 0) is 24.8 Å². The number of hydrogen-bond donors (Lipinski definition) is 2. The van der Waals surface area contributed by atoms with E-state index < -0.39 is 6.10 Å². The highest BCUT2D eigenvalue weighted by atomic mass is 16.3. The summed E-state index contributed by atoms with van der Waals surface area (Å²) in [6.07, 6.45) is 4.44. The van der Waals surface area contributed by atoms with Crippen LogP contribution in [0, 0.1) is 5.92 Å². The van der Waals surface area contributed by atoms with Gasteiger partial charge in [-0.2, -0.15) is 5.10 Å². The minimum Gasteiger partial charge on any atom is -0.385 e. The topological polar surface area (TPSA) is 87.0 Å². The first-order chi connectivity index (χ1) is 12.1. The number of piperidine rings is 1. The predicted octanol–water partition coefficient (Wildman–Crippen LogP) is 1.88. The Balaban J connectivity index is 1.45. The van der Waals surface area contributed by atoms with Gasteiger partial charge in [0.1, 0.15) is 11.9 Å². The molecule has 0 aliphatic carbocycles. The molecule has 4 rings (SSSR count). The van der Waals surface area contributed by atoms with Crippen molar-refractivity contribution in [2.24, 2.45) is 13.0 Å². The number of aliphatic hydroxyl groups is 1. The molecule has 7 heteroatoms. The van der Waals surface area contributed by atoms with Crippen molar-refractivity contribution >= 4 is 16.8 Å². The quantitative estimate of drug-likeness (QED) is 0.763. The Labute approximate surface area is 145 Å². The van der Waals surface area contributed by atoms with Crippen LogP contribution in [0.4, 0.5) is 0 Å². The number of aromatic nitrogens is 4. The third-order valence-electron chi connectivity index (χ3n) is 5.07. The standard InChI is InChI=1S/C18H21N5O2/c1-22-11-8-19-17(22)16(24)12-6-9-23(10-7-12)18(25)15-13-4-2-3-5-14(13)20-21-15/h2-5,8,11-12,16,24H,6-7,9-10H2,1H3,(H,20,21)/t16-/m1/s1. The van der Waals surface area contributed by atoms with Gasteiger partial charge in [-0.1, -0.05) is 18.2 Å². The largest absolute Gasteiger partial charge is 0.385 e. The lowest BCUT2D eigenvalue weighted by atomic mass is 9.90. The zero-order valence-corrected chi connectivity index (χ0v) is 14.1. The van der Waals surface area contributed by atoms with Crippen LogP contribution in [0.2, 0.25) is 0 Å². The number of nitrogens with zero attached hydrogens (tertiary/aromatic N) is 4. The Hall–Kier alpha value is -2.67. The zero-order valence-electron chi connectivity index (χ0n) is 14.1. The Morgan fingerprint density at radius 2 is 2.08 bits per heavy atom. The summed E-state index contributed by atoms with van der Waals surface area (Å²) in [5.74, 6) is 0.742. The van der Waals surface area contributed by atoms with Crippen molar-refractivity contribution in [3.05, 3.63) is 48.2 Å². The summed E-state index contributed by atoms with van der Waals surface area (Å²) in [5, 5.41) is 18.5. The number of hydrogen-bond acceptors (Lipinski definition) is 4. The van der Waals surface area contributed by atoms with E-state index in [1.165, 1.54) is 0 Å². The average molecular weight is 339 g/mol. The summed E-state index contributed by atoms with van der Waals surface area (Å²) in [7, 11) is 1.88. The number of fused-ring (bicyclic) bond motifs is 1. The molecule has 7 nitrogen and oxygen atoms in total. The number of rotatable bonds is 3. The van der Waals surface area contributed by atoms with Crippen molar-refractivity contribution in [2.75, 3.05) is 13.1 Å². The Bertz CT molecular complexity index is 892. The van der Waals surface area contributed by atoms with E-state index in [-0.39, 0.29) is 11.8 Å². The second-order valence-corrected chi connectivity index (χ2v) is 6.59. The van der Waals surface area contributed by atoms with E-state index in [0.29, 0.717) is 24.6 Å². The number of amides is 1. The van der Waals surface area contributed by atoms with Gasteiger partial charge in [0, 0.05) is 37.9 Å². The fourth-order valence-electron chi connectivity index (χ4n) is 3.57. The molecule has 0 unspecified atom stereocenters. The lowest BCUT2D eigenvalue weighted by molar-refractivity contribution is 0.0418. The molecule has 0 radical (unpaired) electrons. The van der Waals surface area contributed by atoms with Crippen LogP contribution in [0.1, 0.15) is 35.3 Å². The predicted molar refractivity (Wildman–Crippen MR) is 92.9 cm³/mol. The van der Waals surface area contributed by atoms with Gasteiger partial charge in [-0.3, -0.25) is 9.89 Å². The maximum atomic E-state index is 12.8. The second-order valence-electron chi connectivity index (χ2n) is 6.59. The summed E-state index contributed by atoms with van der Waals surface area (Å²) in [6, 6.07) is 7.64. The second kappa shape index (κ2) is 6.33. The molecule has 1 atom stereocenters. The maximum absolute atomic E-state index is 12.8. The number of carbonyl (C=O) groups excluding carboxylic acids is 1. The molecule has 0 spiro atoms. The molecular weight excluding hydrogens is 318 g/mol. The summed E-state index contributed by atoms with van der Waals surface area (Å²) in [4.78, 5) is 18.9. The maximum Gasteiger partial charge on any atom is 0.274 e. The first kappa shape index (κ1) is 15.8. The highest BCUT2D eigenvalue weighted by Crippen LogP contribution is 2.30. The molecule has 2 N–H and O–H groups in total. The number of para-hydroxylation sites is 1. The Morgan fingerprint density at radius 1 is 1.32 bits per heavy atom. The molecule has 1 amide bonds. The van der Waals surface area contributed by atoms with Crippen LogP contribution in [0.15, 0.2) is 36.7 Å². The molecule has 1 aliphatic rings. The van der Waals surface area contributed by atoms with Gasteiger partial charge in [0.15, 0.2) is 5.69 Å². The van der Waals surface area contributed by atoms with Gasteiger partial charge in [0.25, 0.3) is 5.91 Å². The number of aromatic amines is 1. The van der Waals surface area contributed by atoms with Crippen LogP contribution in [0.25, 0.3) is 10.9 Å². The smallest absolute Gasteiger partial charge is 0.274 e. The van der Waals surface area contributed by atoms with E-state index in [0.717, 1.165) is 23.7 Å². The first-order valence-corrected chi connectivity index (χ1v) is 8.53. The molecule has 1 aliphatic heterocycles. The molecule has 3 heterocycles. The molecule has 25 heavy (non-hydrogen) atoms. The van der Waals surface area contributed by atoms with E-state index in [1.807, 2.05) is 47.0 Å². The number of aryl methyl sites for hydroxylation is 1. The number of carbonyl (C=O) groups is 1. The summed E-state index contributed by atoms with van der Waals surface area (Å²) >= 11 is 0. The van der Waals surface area contributed by atoms with Gasteiger partial charge < -0.3 is 14.6 Å². The van der Waals surface area contributed by atoms with Gasteiger partial charge in [0.05, 0.1) is 5.52 Å². The molecule has 3 aromatic rings. The Kier molecular flexibility index (Phi) is 4.01. The number of aliphatic hydroxyl groups excluding tert-OH is 1. The third kappa shape index (κ3) is 2.80. The number of H-pyrrole nitrogens is 1. The SMILES string of the molecule is Cn1ccnc1[C@H](O)C1CCN(C(=O)c2n[nH]c3ccccc23)CC1. The van der Waals surface area contributed by atoms with E-state index in [4.69, 9.17) is 0 Å². The molecule has 1 fully saturated rings. The van der Waals surface area contributed by atoms with Crippen LogP contribution in [0.5, 0.6) is 0 Å². The van der Waals surface area contributed by atoms with Crippen molar-refractivity contribution in [1.29, 1.82) is 0 Å². The Morgan fingerprint density at radius 3 is 2.80 bits per heavy atom. The molecule has 2 aromatic heterocycles. The summed E-state index contributed by atoms with van der Waals surface area (Å²) in [5.41, 5.74) is 1.34. The van der Waals surface area contributed by atoms with Gasteiger partial charge >= 0.3 is 0 Å². The van der Waals surface area contributed by atoms with Crippen molar-refractivity contribution in [3.8, 4) is 0 Å². The number of likely N-dealkylation sites (tertiary alicyclic amines) is 1. The zero-order chi connectivity index (χ0) is 17.4. The molecule has 1 aromatic carbocycles. The normalized spacial score (nSPS) is 17.1. The van der Waals surface area contributed by atoms with Gasteiger partial charge in [-0.25, -0.2) is 4.98 Å². The number of imidazole rings is 1. The van der Waals surface area contributed by atoms with Crippen molar-refractivity contribution in [2.45, 2.75) is 18.9 Å². The first-order valence-electron chi connectivity index (χ1n) is 8.53. The summed E-state index contributed by atoms with van der Waals surface area (Å²) < 4.78 is 1.85. The van der Waals surface area contributed by atoms with Crippen molar-refractivity contribution < 1.29 is 9.90 Å². The summed E-state index contributed by atoms with van der Waals surface area (Å²) in [6.45, 7) is 1.23. The van der Waals surface area contributed by atoms with Crippen molar-refractivity contribution in [1.82, 2.24) is 24.6 Å². The van der Waals surface area contributed by atoms with E-state index in [1.54, 1.807) is 6.20 Å². The van der Waals surface area contributed by atoms with E-state index in [2.05, 4.69) is 15.2 Å². The van der Waals surface area contributed by atoms with Crippen molar-refractivity contribution in [3.63, 3.8) is 0 Å². The van der Waals surface area contributed by atoms with Gasteiger partial charge in [-0.15, -0.1) is 0 Å². The molecule has 130 valence electrons.